The quantitative estimate of drug-likeness (QED) is 0.435. The lowest BCUT2D eigenvalue weighted by molar-refractivity contribution is 0.0696. The molecule has 4 rings (SSSR count). The SMILES string of the molecule is O=C(O)c1cccc([C@H]2CC(S)N(C(S)c3ccc(Oc4ccc(F)cc4)nc3)C2)c1. The lowest BCUT2D eigenvalue weighted by Crippen LogP contribution is -2.27. The number of nitrogens with zero attached hydrogens (tertiary/aromatic N) is 2. The van der Waals surface area contributed by atoms with E-state index in [1.54, 1.807) is 42.6 Å². The van der Waals surface area contributed by atoms with Gasteiger partial charge in [-0.25, -0.2) is 14.2 Å². The Balaban J connectivity index is 1.44. The molecular weight excluding hydrogens is 435 g/mol. The molecule has 1 fully saturated rings. The van der Waals surface area contributed by atoms with Crippen LogP contribution in [0.15, 0.2) is 66.9 Å². The molecule has 5 nitrogen and oxygen atoms in total. The zero-order chi connectivity index (χ0) is 22.0. The number of aromatic nitrogens is 1. The lowest BCUT2D eigenvalue weighted by atomic mass is 9.96. The third-order valence-corrected chi connectivity index (χ3v) is 6.42. The maximum Gasteiger partial charge on any atom is 0.335 e. The number of rotatable bonds is 6. The van der Waals surface area contributed by atoms with Crippen LogP contribution in [-0.2, 0) is 0 Å². The molecule has 160 valence electrons. The summed E-state index contributed by atoms with van der Waals surface area (Å²) in [7, 11) is 0. The fourth-order valence-electron chi connectivity index (χ4n) is 3.69. The number of carboxylic acid groups (broad SMARTS) is 1. The average Bonchev–Trinajstić information content (AvgIpc) is 3.17. The van der Waals surface area contributed by atoms with Crippen molar-refractivity contribution in [3.63, 3.8) is 0 Å². The van der Waals surface area contributed by atoms with Crippen LogP contribution >= 0.6 is 25.3 Å². The summed E-state index contributed by atoms with van der Waals surface area (Å²) < 4.78 is 18.7. The van der Waals surface area contributed by atoms with Crippen molar-refractivity contribution in [2.24, 2.45) is 0 Å². The molecule has 0 radical (unpaired) electrons. The Morgan fingerprint density at radius 1 is 1.19 bits per heavy atom. The molecule has 2 aromatic carbocycles. The van der Waals surface area contributed by atoms with Crippen molar-refractivity contribution >= 4 is 31.2 Å². The smallest absolute Gasteiger partial charge is 0.335 e. The molecule has 2 unspecified atom stereocenters. The minimum atomic E-state index is -0.930. The molecule has 1 N–H and O–H groups in total. The molecule has 0 spiro atoms. The van der Waals surface area contributed by atoms with Crippen molar-refractivity contribution in [2.45, 2.75) is 23.1 Å². The van der Waals surface area contributed by atoms with Gasteiger partial charge < -0.3 is 9.84 Å². The molecule has 1 aliphatic rings. The Morgan fingerprint density at radius 3 is 2.65 bits per heavy atom. The number of thiol groups is 2. The van der Waals surface area contributed by atoms with Crippen molar-refractivity contribution in [3.05, 3.63) is 89.4 Å². The molecule has 1 saturated heterocycles. The van der Waals surface area contributed by atoms with E-state index in [1.807, 2.05) is 12.1 Å². The molecule has 2 heterocycles. The van der Waals surface area contributed by atoms with Crippen molar-refractivity contribution in [3.8, 4) is 11.6 Å². The first kappa shape index (κ1) is 21.7. The van der Waals surface area contributed by atoms with Gasteiger partial charge in [-0.2, -0.15) is 25.3 Å². The number of likely N-dealkylation sites (tertiary alicyclic amines) is 1. The first-order chi connectivity index (χ1) is 14.9. The highest BCUT2D eigenvalue weighted by atomic mass is 32.1. The van der Waals surface area contributed by atoms with Gasteiger partial charge in [0.2, 0.25) is 5.88 Å². The molecule has 8 heteroatoms. The normalized spacial score (nSPS) is 19.8. The third-order valence-electron chi connectivity index (χ3n) is 5.32. The second-order valence-corrected chi connectivity index (χ2v) is 8.49. The molecule has 1 aliphatic heterocycles. The number of halogens is 1. The van der Waals surface area contributed by atoms with E-state index < -0.39 is 5.97 Å². The molecule has 3 aromatic rings. The van der Waals surface area contributed by atoms with Crippen LogP contribution in [0.1, 0.15) is 39.2 Å². The van der Waals surface area contributed by atoms with E-state index in [2.05, 4.69) is 9.88 Å². The Labute approximate surface area is 190 Å². The van der Waals surface area contributed by atoms with Crippen LogP contribution in [0.3, 0.4) is 0 Å². The lowest BCUT2D eigenvalue weighted by Gasteiger charge is -2.27. The third kappa shape index (κ3) is 5.03. The van der Waals surface area contributed by atoms with Crippen LogP contribution < -0.4 is 4.74 Å². The van der Waals surface area contributed by atoms with Crippen LogP contribution in [0.5, 0.6) is 11.6 Å². The number of ether oxygens (including phenoxy) is 1. The minimum Gasteiger partial charge on any atom is -0.478 e. The van der Waals surface area contributed by atoms with E-state index in [9.17, 15) is 14.3 Å². The Bertz CT molecular complexity index is 1060. The van der Waals surface area contributed by atoms with Gasteiger partial charge in [-0.1, -0.05) is 12.1 Å². The second kappa shape index (κ2) is 9.30. The number of carbonyl (C=O) groups is 1. The molecule has 0 aliphatic carbocycles. The summed E-state index contributed by atoms with van der Waals surface area (Å²) in [6.07, 6.45) is 2.50. The summed E-state index contributed by atoms with van der Waals surface area (Å²) >= 11 is 9.52. The molecular formula is C23H21FN2O3S2. The fourth-order valence-corrected chi connectivity index (χ4v) is 4.69. The summed E-state index contributed by atoms with van der Waals surface area (Å²) in [6, 6.07) is 16.4. The molecule has 3 atom stereocenters. The van der Waals surface area contributed by atoms with Crippen LogP contribution in [0, 0.1) is 5.82 Å². The zero-order valence-electron chi connectivity index (χ0n) is 16.4. The molecule has 1 aromatic heterocycles. The molecule has 0 saturated carbocycles. The van der Waals surface area contributed by atoms with Gasteiger partial charge in [-0.3, -0.25) is 4.90 Å². The van der Waals surface area contributed by atoms with Crippen molar-refractivity contribution in [2.75, 3.05) is 6.54 Å². The van der Waals surface area contributed by atoms with E-state index in [0.717, 1.165) is 17.5 Å². The number of pyridine rings is 1. The standard InChI is InChI=1S/C23H21FN2O3S2/c24-18-5-7-19(8-6-18)29-20-9-4-16(12-25-20)22(31)26-13-17(11-21(26)30)14-2-1-3-15(10-14)23(27)28/h1-10,12,17,21-22,30-31H,11,13H2,(H,27,28)/t17-,21?,22?/m0/s1. The predicted molar refractivity (Wildman–Crippen MR) is 123 cm³/mol. The summed E-state index contributed by atoms with van der Waals surface area (Å²) in [4.78, 5) is 17.8. The highest BCUT2D eigenvalue weighted by Gasteiger charge is 2.35. The van der Waals surface area contributed by atoms with Gasteiger partial charge in [0.1, 0.15) is 11.6 Å². The van der Waals surface area contributed by atoms with Gasteiger partial charge in [0.25, 0.3) is 0 Å². The topological polar surface area (TPSA) is 62.7 Å². The molecule has 0 bridgehead atoms. The second-order valence-electron chi connectivity index (χ2n) is 7.40. The van der Waals surface area contributed by atoms with Gasteiger partial charge in [0.05, 0.1) is 16.3 Å². The fraction of sp³-hybridized carbons (Fsp3) is 0.217. The number of benzene rings is 2. The Kier molecular flexibility index (Phi) is 6.50. The summed E-state index contributed by atoms with van der Waals surface area (Å²) in [5.74, 6) is -0.173. The van der Waals surface area contributed by atoms with Gasteiger partial charge >= 0.3 is 5.97 Å². The molecule has 0 amide bonds. The van der Waals surface area contributed by atoms with Crippen LogP contribution in [0.4, 0.5) is 4.39 Å². The van der Waals surface area contributed by atoms with E-state index >= 15 is 0 Å². The number of hydrogen-bond donors (Lipinski definition) is 3. The maximum atomic E-state index is 13.0. The summed E-state index contributed by atoms with van der Waals surface area (Å²) in [6.45, 7) is 0.708. The van der Waals surface area contributed by atoms with Crippen LogP contribution in [0.2, 0.25) is 0 Å². The summed E-state index contributed by atoms with van der Waals surface area (Å²) in [5.41, 5.74) is 2.17. The first-order valence-corrected chi connectivity index (χ1v) is 10.8. The van der Waals surface area contributed by atoms with Crippen LogP contribution in [-0.4, -0.2) is 32.9 Å². The first-order valence-electron chi connectivity index (χ1n) is 9.75. The number of aromatic carboxylic acids is 1. The monoisotopic (exact) mass is 456 g/mol. The Morgan fingerprint density at radius 2 is 1.97 bits per heavy atom. The zero-order valence-corrected chi connectivity index (χ0v) is 18.2. The van der Waals surface area contributed by atoms with Crippen molar-refractivity contribution in [1.29, 1.82) is 0 Å². The molecule has 31 heavy (non-hydrogen) atoms. The van der Waals surface area contributed by atoms with Gasteiger partial charge in [-0.05, 0) is 65.9 Å². The van der Waals surface area contributed by atoms with E-state index in [1.165, 1.54) is 12.1 Å². The number of hydrogen-bond acceptors (Lipinski definition) is 6. The van der Waals surface area contributed by atoms with Gasteiger partial charge in [-0.15, -0.1) is 0 Å². The predicted octanol–water partition coefficient (Wildman–Crippen LogP) is 5.39. The van der Waals surface area contributed by atoms with Crippen LogP contribution in [0.25, 0.3) is 0 Å². The van der Waals surface area contributed by atoms with E-state index in [4.69, 9.17) is 30.0 Å². The Hall–Kier alpha value is -2.55. The van der Waals surface area contributed by atoms with E-state index in [0.29, 0.717) is 18.2 Å². The summed E-state index contributed by atoms with van der Waals surface area (Å²) in [5, 5.41) is 9.01. The van der Waals surface area contributed by atoms with Gasteiger partial charge in [0, 0.05) is 18.8 Å². The average molecular weight is 457 g/mol. The van der Waals surface area contributed by atoms with Crippen molar-refractivity contribution in [1.82, 2.24) is 9.88 Å². The maximum absolute atomic E-state index is 13.0. The highest BCUT2D eigenvalue weighted by molar-refractivity contribution is 7.81. The number of carboxylic acids is 1. The highest BCUT2D eigenvalue weighted by Crippen LogP contribution is 2.40. The van der Waals surface area contributed by atoms with E-state index in [-0.39, 0.29) is 28.0 Å². The largest absolute Gasteiger partial charge is 0.478 e. The minimum absolute atomic E-state index is 0.0175. The van der Waals surface area contributed by atoms with Gasteiger partial charge in [0.15, 0.2) is 0 Å². The van der Waals surface area contributed by atoms with Crippen molar-refractivity contribution < 1.29 is 19.0 Å².